The highest BCUT2D eigenvalue weighted by molar-refractivity contribution is 5.49. The van der Waals surface area contributed by atoms with Crippen LogP contribution in [0.25, 0.3) is 0 Å². The van der Waals surface area contributed by atoms with Crippen LogP contribution in [0.4, 0.5) is 11.5 Å². The summed E-state index contributed by atoms with van der Waals surface area (Å²) in [5, 5.41) is 0. The first-order valence-corrected chi connectivity index (χ1v) is 5.26. The summed E-state index contributed by atoms with van der Waals surface area (Å²) in [5.41, 5.74) is 6.68. The van der Waals surface area contributed by atoms with E-state index in [9.17, 15) is 0 Å². The Morgan fingerprint density at radius 2 is 2.27 bits per heavy atom. The minimum Gasteiger partial charge on any atom is -0.384 e. The second-order valence-corrected chi connectivity index (χ2v) is 4.09. The maximum atomic E-state index is 5.58. The molecule has 0 aliphatic carbocycles. The van der Waals surface area contributed by atoms with Crippen LogP contribution in [0, 0.1) is 0 Å². The molecule has 15 heavy (non-hydrogen) atoms. The van der Waals surface area contributed by atoms with Gasteiger partial charge in [0.05, 0.1) is 24.6 Å². The zero-order valence-corrected chi connectivity index (χ0v) is 9.18. The first-order valence-electron chi connectivity index (χ1n) is 5.26. The number of nitrogens with two attached hydrogens (primary N) is 1. The molecule has 1 aliphatic rings. The normalized spacial score (nSPS) is 26.7. The number of aromatic nitrogens is 1. The Balaban J connectivity index is 2.17. The fourth-order valence-electron chi connectivity index (χ4n) is 1.83. The van der Waals surface area contributed by atoms with Gasteiger partial charge in [-0.15, -0.1) is 0 Å². The molecule has 1 saturated heterocycles. The van der Waals surface area contributed by atoms with Crippen LogP contribution >= 0.6 is 0 Å². The van der Waals surface area contributed by atoms with Crippen molar-refractivity contribution < 1.29 is 4.74 Å². The summed E-state index contributed by atoms with van der Waals surface area (Å²) >= 11 is 0. The molecule has 2 atom stereocenters. The van der Waals surface area contributed by atoms with Gasteiger partial charge in [-0.1, -0.05) is 0 Å². The fraction of sp³-hybridized carbons (Fsp3) is 0.545. The highest BCUT2D eigenvalue weighted by atomic mass is 16.5. The van der Waals surface area contributed by atoms with E-state index in [1.54, 1.807) is 0 Å². The van der Waals surface area contributed by atoms with Crippen molar-refractivity contribution in [1.82, 2.24) is 4.98 Å². The van der Waals surface area contributed by atoms with E-state index in [-0.39, 0.29) is 6.10 Å². The predicted octanol–water partition coefficient (Wildman–Crippen LogP) is 1.28. The molecule has 0 radical (unpaired) electrons. The number of nitrogen functional groups attached to an aromatic ring is 1. The molecule has 82 valence electrons. The lowest BCUT2D eigenvalue weighted by Gasteiger charge is -2.38. The number of morpholine rings is 1. The molecule has 2 rings (SSSR count). The number of pyridine rings is 1. The SMILES string of the molecule is CC1CN(c2ccc(N)nc2)C(C)CO1. The molecule has 4 nitrogen and oxygen atoms in total. The topological polar surface area (TPSA) is 51.4 Å². The standard InChI is InChI=1S/C11H17N3O/c1-8-7-15-9(2)6-14(8)10-3-4-11(12)13-5-10/h3-5,8-9H,6-7H2,1-2H3,(H2,12,13). The maximum Gasteiger partial charge on any atom is 0.123 e. The van der Waals surface area contributed by atoms with Gasteiger partial charge in [-0.2, -0.15) is 0 Å². The fourth-order valence-corrected chi connectivity index (χ4v) is 1.83. The largest absolute Gasteiger partial charge is 0.384 e. The van der Waals surface area contributed by atoms with Gasteiger partial charge in [-0.05, 0) is 26.0 Å². The smallest absolute Gasteiger partial charge is 0.123 e. The van der Waals surface area contributed by atoms with E-state index >= 15 is 0 Å². The molecule has 1 aliphatic heterocycles. The molecule has 1 aromatic rings. The number of anilines is 2. The molecule has 1 fully saturated rings. The van der Waals surface area contributed by atoms with Crippen LogP contribution < -0.4 is 10.6 Å². The van der Waals surface area contributed by atoms with Crippen molar-refractivity contribution in [2.45, 2.75) is 26.0 Å². The summed E-state index contributed by atoms with van der Waals surface area (Å²) in [6.45, 7) is 5.92. The average molecular weight is 207 g/mol. The van der Waals surface area contributed by atoms with E-state index in [0.717, 1.165) is 18.8 Å². The summed E-state index contributed by atoms with van der Waals surface area (Å²) < 4.78 is 5.58. The van der Waals surface area contributed by atoms with E-state index in [4.69, 9.17) is 10.5 Å². The van der Waals surface area contributed by atoms with Crippen LogP contribution in [-0.4, -0.2) is 30.3 Å². The third-order valence-corrected chi connectivity index (χ3v) is 2.71. The molecule has 0 bridgehead atoms. The van der Waals surface area contributed by atoms with Crippen LogP contribution in [-0.2, 0) is 4.74 Å². The number of ether oxygens (including phenoxy) is 1. The molecule has 2 N–H and O–H groups in total. The zero-order valence-electron chi connectivity index (χ0n) is 9.18. The number of rotatable bonds is 1. The molecule has 0 amide bonds. The molecule has 0 aromatic carbocycles. The van der Waals surface area contributed by atoms with Crippen LogP contribution in [0.1, 0.15) is 13.8 Å². The molecular weight excluding hydrogens is 190 g/mol. The van der Waals surface area contributed by atoms with Crippen molar-refractivity contribution in [1.29, 1.82) is 0 Å². The third-order valence-electron chi connectivity index (χ3n) is 2.71. The Morgan fingerprint density at radius 3 is 2.93 bits per heavy atom. The van der Waals surface area contributed by atoms with E-state index in [1.165, 1.54) is 0 Å². The van der Waals surface area contributed by atoms with E-state index in [0.29, 0.717) is 11.9 Å². The third kappa shape index (κ3) is 2.21. The molecule has 0 spiro atoms. The Bertz CT molecular complexity index is 325. The van der Waals surface area contributed by atoms with Gasteiger partial charge in [-0.25, -0.2) is 4.98 Å². The van der Waals surface area contributed by atoms with Gasteiger partial charge >= 0.3 is 0 Å². The van der Waals surface area contributed by atoms with Gasteiger partial charge in [0.1, 0.15) is 5.82 Å². The first kappa shape index (κ1) is 10.2. The second kappa shape index (κ2) is 4.06. The van der Waals surface area contributed by atoms with E-state index < -0.39 is 0 Å². The van der Waals surface area contributed by atoms with E-state index in [2.05, 4.69) is 23.7 Å². The van der Waals surface area contributed by atoms with Gasteiger partial charge in [0, 0.05) is 12.6 Å². The lowest BCUT2D eigenvalue weighted by Crippen LogP contribution is -2.47. The van der Waals surface area contributed by atoms with Crippen LogP contribution in [0.3, 0.4) is 0 Å². The second-order valence-electron chi connectivity index (χ2n) is 4.09. The molecule has 0 saturated carbocycles. The van der Waals surface area contributed by atoms with Crippen molar-refractivity contribution >= 4 is 11.5 Å². The Labute approximate surface area is 90.0 Å². The summed E-state index contributed by atoms with van der Waals surface area (Å²) in [6.07, 6.45) is 2.10. The van der Waals surface area contributed by atoms with Gasteiger partial charge in [0.15, 0.2) is 0 Å². The quantitative estimate of drug-likeness (QED) is 0.753. The highest BCUT2D eigenvalue weighted by Gasteiger charge is 2.23. The van der Waals surface area contributed by atoms with Crippen molar-refractivity contribution in [3.8, 4) is 0 Å². The number of hydrogen-bond acceptors (Lipinski definition) is 4. The summed E-state index contributed by atoms with van der Waals surface area (Å²) in [5.74, 6) is 0.563. The van der Waals surface area contributed by atoms with Crippen LogP contribution in [0.5, 0.6) is 0 Å². The summed E-state index contributed by atoms with van der Waals surface area (Å²) in [7, 11) is 0. The lowest BCUT2D eigenvalue weighted by molar-refractivity contribution is 0.0343. The minimum absolute atomic E-state index is 0.277. The average Bonchev–Trinajstić information content (AvgIpc) is 2.23. The molecule has 2 heterocycles. The van der Waals surface area contributed by atoms with Gasteiger partial charge < -0.3 is 15.4 Å². The van der Waals surface area contributed by atoms with Crippen molar-refractivity contribution in [2.24, 2.45) is 0 Å². The molecule has 4 heteroatoms. The van der Waals surface area contributed by atoms with Crippen molar-refractivity contribution in [3.63, 3.8) is 0 Å². The Morgan fingerprint density at radius 1 is 1.47 bits per heavy atom. The number of nitrogens with zero attached hydrogens (tertiary/aromatic N) is 2. The predicted molar refractivity (Wildman–Crippen MR) is 60.9 cm³/mol. The van der Waals surface area contributed by atoms with Crippen LogP contribution in [0.2, 0.25) is 0 Å². The van der Waals surface area contributed by atoms with Crippen molar-refractivity contribution in [3.05, 3.63) is 18.3 Å². The Kier molecular flexibility index (Phi) is 2.77. The summed E-state index contributed by atoms with van der Waals surface area (Å²) in [4.78, 5) is 6.42. The minimum atomic E-state index is 0.277. The van der Waals surface area contributed by atoms with Gasteiger partial charge in [0.25, 0.3) is 0 Å². The van der Waals surface area contributed by atoms with Crippen molar-refractivity contribution in [2.75, 3.05) is 23.8 Å². The highest BCUT2D eigenvalue weighted by Crippen LogP contribution is 2.21. The maximum absolute atomic E-state index is 5.58. The monoisotopic (exact) mass is 207 g/mol. The summed E-state index contributed by atoms with van der Waals surface area (Å²) in [6, 6.07) is 4.24. The van der Waals surface area contributed by atoms with E-state index in [1.807, 2.05) is 18.3 Å². The number of hydrogen-bond donors (Lipinski definition) is 1. The molecule has 1 aromatic heterocycles. The van der Waals surface area contributed by atoms with Gasteiger partial charge in [-0.3, -0.25) is 0 Å². The van der Waals surface area contributed by atoms with Gasteiger partial charge in [0.2, 0.25) is 0 Å². The first-order chi connectivity index (χ1) is 7.16. The Hall–Kier alpha value is -1.29. The molecule has 2 unspecified atom stereocenters. The molecular formula is C11H17N3O. The lowest BCUT2D eigenvalue weighted by atomic mass is 10.2. The zero-order chi connectivity index (χ0) is 10.8. The van der Waals surface area contributed by atoms with Crippen LogP contribution in [0.15, 0.2) is 18.3 Å².